The third-order valence-corrected chi connectivity index (χ3v) is 3.13. The number of aromatic nitrogens is 2. The number of hydrogen-bond acceptors (Lipinski definition) is 2. The Morgan fingerprint density at radius 1 is 1.00 bits per heavy atom. The molecule has 0 aliphatic carbocycles. The Morgan fingerprint density at radius 2 is 1.70 bits per heavy atom. The highest BCUT2D eigenvalue weighted by atomic mass is 15.1. The molecule has 3 heteroatoms. The first kappa shape index (κ1) is 12.2. The van der Waals surface area contributed by atoms with Gasteiger partial charge in [0.05, 0.1) is 17.3 Å². The van der Waals surface area contributed by atoms with Crippen LogP contribution < -0.4 is 0 Å². The van der Waals surface area contributed by atoms with Gasteiger partial charge in [-0.2, -0.15) is 5.26 Å². The molecular formula is C17H13N3. The van der Waals surface area contributed by atoms with Crippen LogP contribution in [0.2, 0.25) is 0 Å². The first-order valence-electron chi connectivity index (χ1n) is 6.40. The quantitative estimate of drug-likeness (QED) is 0.703. The second-order valence-corrected chi connectivity index (χ2v) is 4.60. The number of imidazole rings is 1. The summed E-state index contributed by atoms with van der Waals surface area (Å²) in [5, 5.41) is 8.87. The fourth-order valence-electron chi connectivity index (χ4n) is 2.18. The molecule has 0 saturated carbocycles. The van der Waals surface area contributed by atoms with Crippen molar-refractivity contribution in [3.05, 3.63) is 72.1 Å². The summed E-state index contributed by atoms with van der Waals surface area (Å²) >= 11 is 0. The topological polar surface area (TPSA) is 41.6 Å². The third kappa shape index (κ3) is 2.19. The van der Waals surface area contributed by atoms with Crippen molar-refractivity contribution in [1.82, 2.24) is 9.55 Å². The van der Waals surface area contributed by atoms with Gasteiger partial charge in [0.2, 0.25) is 0 Å². The van der Waals surface area contributed by atoms with Crippen LogP contribution in [0.3, 0.4) is 0 Å². The molecule has 0 aliphatic rings. The van der Waals surface area contributed by atoms with Crippen LogP contribution in [0.25, 0.3) is 17.1 Å². The van der Waals surface area contributed by atoms with Gasteiger partial charge in [-0.05, 0) is 31.2 Å². The van der Waals surface area contributed by atoms with Crippen LogP contribution in [0.4, 0.5) is 0 Å². The average Bonchev–Trinajstić information content (AvgIpc) is 2.90. The molecule has 0 N–H and O–H groups in total. The lowest BCUT2D eigenvalue weighted by Gasteiger charge is -2.07. The molecule has 0 unspecified atom stereocenters. The van der Waals surface area contributed by atoms with Crippen molar-refractivity contribution in [2.75, 3.05) is 0 Å². The monoisotopic (exact) mass is 259 g/mol. The lowest BCUT2D eigenvalue weighted by Crippen LogP contribution is -1.96. The van der Waals surface area contributed by atoms with Crippen LogP contribution in [0.5, 0.6) is 0 Å². The molecule has 0 atom stereocenters. The molecule has 1 heterocycles. The summed E-state index contributed by atoms with van der Waals surface area (Å²) in [6.07, 6.45) is 2.00. The van der Waals surface area contributed by atoms with Gasteiger partial charge in [-0.15, -0.1) is 0 Å². The van der Waals surface area contributed by atoms with Crippen LogP contribution >= 0.6 is 0 Å². The number of rotatable bonds is 2. The molecule has 3 rings (SSSR count). The first-order valence-corrected chi connectivity index (χ1v) is 6.40. The molecule has 0 amide bonds. The van der Waals surface area contributed by atoms with E-state index in [1.165, 1.54) is 0 Å². The summed E-state index contributed by atoms with van der Waals surface area (Å²) in [4.78, 5) is 4.60. The fraction of sp³-hybridized carbons (Fsp3) is 0.0588. The molecule has 0 spiro atoms. The summed E-state index contributed by atoms with van der Waals surface area (Å²) < 4.78 is 2.05. The molecule has 0 bridgehead atoms. The molecule has 0 aliphatic heterocycles. The smallest absolute Gasteiger partial charge is 0.144 e. The van der Waals surface area contributed by atoms with Crippen molar-refractivity contribution in [3.8, 4) is 23.1 Å². The maximum atomic E-state index is 8.87. The van der Waals surface area contributed by atoms with Crippen LogP contribution in [0.15, 0.2) is 60.8 Å². The number of aryl methyl sites for hydroxylation is 1. The first-order chi connectivity index (χ1) is 9.78. The summed E-state index contributed by atoms with van der Waals surface area (Å²) in [5.41, 5.74) is 3.70. The predicted octanol–water partition coefficient (Wildman–Crippen LogP) is 3.72. The Hall–Kier alpha value is -2.86. The van der Waals surface area contributed by atoms with E-state index in [-0.39, 0.29) is 0 Å². The highest BCUT2D eigenvalue weighted by molar-refractivity contribution is 5.59. The Morgan fingerprint density at radius 3 is 2.35 bits per heavy atom. The van der Waals surface area contributed by atoms with E-state index in [9.17, 15) is 0 Å². The predicted molar refractivity (Wildman–Crippen MR) is 78.5 cm³/mol. The highest BCUT2D eigenvalue weighted by Gasteiger charge is 2.09. The van der Waals surface area contributed by atoms with E-state index >= 15 is 0 Å². The van der Waals surface area contributed by atoms with Crippen LogP contribution in [0.1, 0.15) is 11.3 Å². The van der Waals surface area contributed by atoms with E-state index in [1.54, 1.807) is 0 Å². The van der Waals surface area contributed by atoms with Crippen molar-refractivity contribution in [2.24, 2.45) is 0 Å². The van der Waals surface area contributed by atoms with Gasteiger partial charge >= 0.3 is 0 Å². The van der Waals surface area contributed by atoms with Gasteiger partial charge in [0.15, 0.2) is 0 Å². The third-order valence-electron chi connectivity index (χ3n) is 3.13. The van der Waals surface area contributed by atoms with Crippen LogP contribution in [0, 0.1) is 18.3 Å². The SMILES string of the molecule is Cc1cn(-c2ccc(C#N)cc2)c(-c2ccccc2)n1. The molecule has 0 saturated heterocycles. The largest absolute Gasteiger partial charge is 0.300 e. The minimum absolute atomic E-state index is 0.659. The van der Waals surface area contributed by atoms with E-state index in [0.717, 1.165) is 22.8 Å². The van der Waals surface area contributed by atoms with Crippen LogP contribution in [-0.2, 0) is 0 Å². The maximum absolute atomic E-state index is 8.87. The number of hydrogen-bond donors (Lipinski definition) is 0. The molecule has 96 valence electrons. The molecule has 3 aromatic rings. The Bertz CT molecular complexity index is 762. The normalized spacial score (nSPS) is 10.2. The molecule has 1 aromatic heterocycles. The lowest BCUT2D eigenvalue weighted by molar-refractivity contribution is 1.07. The van der Waals surface area contributed by atoms with Gasteiger partial charge < -0.3 is 0 Å². The minimum atomic E-state index is 0.659. The average molecular weight is 259 g/mol. The standard InChI is InChI=1S/C17H13N3/c1-13-12-20(16-9-7-14(11-18)8-10-16)17(19-13)15-5-3-2-4-6-15/h2-10,12H,1H3. The van der Waals surface area contributed by atoms with E-state index in [4.69, 9.17) is 5.26 Å². The summed E-state index contributed by atoms with van der Waals surface area (Å²) in [6, 6.07) is 19.7. The number of nitrogens with zero attached hydrogens (tertiary/aromatic N) is 3. The molecule has 20 heavy (non-hydrogen) atoms. The second kappa shape index (κ2) is 5.02. The van der Waals surface area contributed by atoms with Crippen molar-refractivity contribution in [1.29, 1.82) is 5.26 Å². The molecule has 2 aromatic carbocycles. The van der Waals surface area contributed by atoms with Gasteiger partial charge in [0.25, 0.3) is 0 Å². The minimum Gasteiger partial charge on any atom is -0.300 e. The number of nitriles is 1. The van der Waals surface area contributed by atoms with Crippen molar-refractivity contribution >= 4 is 0 Å². The highest BCUT2D eigenvalue weighted by Crippen LogP contribution is 2.22. The molecule has 0 fully saturated rings. The van der Waals surface area contributed by atoms with Crippen molar-refractivity contribution in [3.63, 3.8) is 0 Å². The van der Waals surface area contributed by atoms with E-state index in [2.05, 4.69) is 11.1 Å². The van der Waals surface area contributed by atoms with Gasteiger partial charge in [-0.3, -0.25) is 4.57 Å². The maximum Gasteiger partial charge on any atom is 0.144 e. The Kier molecular flexibility index (Phi) is 3.06. The van der Waals surface area contributed by atoms with Crippen molar-refractivity contribution in [2.45, 2.75) is 6.92 Å². The Labute approximate surface area is 117 Å². The van der Waals surface area contributed by atoms with Crippen LogP contribution in [-0.4, -0.2) is 9.55 Å². The molecule has 0 radical (unpaired) electrons. The van der Waals surface area contributed by atoms with Gasteiger partial charge in [0, 0.05) is 17.4 Å². The fourth-order valence-corrected chi connectivity index (χ4v) is 2.18. The summed E-state index contributed by atoms with van der Waals surface area (Å²) in [6.45, 7) is 1.98. The van der Waals surface area contributed by atoms with Gasteiger partial charge in [0.1, 0.15) is 5.82 Å². The van der Waals surface area contributed by atoms with E-state index < -0.39 is 0 Å². The lowest BCUT2D eigenvalue weighted by atomic mass is 10.2. The summed E-state index contributed by atoms with van der Waals surface area (Å²) in [7, 11) is 0. The number of benzene rings is 2. The zero-order valence-electron chi connectivity index (χ0n) is 11.1. The van der Waals surface area contributed by atoms with Gasteiger partial charge in [-0.1, -0.05) is 30.3 Å². The zero-order chi connectivity index (χ0) is 13.9. The van der Waals surface area contributed by atoms with E-state index in [1.807, 2.05) is 72.3 Å². The second-order valence-electron chi connectivity index (χ2n) is 4.60. The van der Waals surface area contributed by atoms with E-state index in [0.29, 0.717) is 5.56 Å². The Balaban J connectivity index is 2.12. The zero-order valence-corrected chi connectivity index (χ0v) is 11.1. The molecule has 3 nitrogen and oxygen atoms in total. The summed E-state index contributed by atoms with van der Waals surface area (Å²) in [5.74, 6) is 0.910. The van der Waals surface area contributed by atoms with Crippen molar-refractivity contribution < 1.29 is 0 Å². The molecular weight excluding hydrogens is 246 g/mol. The van der Waals surface area contributed by atoms with Gasteiger partial charge in [-0.25, -0.2) is 4.98 Å².